The predicted octanol–water partition coefficient (Wildman–Crippen LogP) is 7.05. The van der Waals surface area contributed by atoms with Crippen LogP contribution in [-0.2, 0) is 32.7 Å². The van der Waals surface area contributed by atoms with E-state index >= 15 is 0 Å². The fourth-order valence-corrected chi connectivity index (χ4v) is 6.07. The van der Waals surface area contributed by atoms with Gasteiger partial charge in [0.05, 0.1) is 4.90 Å². The molecule has 11 heteroatoms. The number of rotatable bonds is 13. The number of amides is 2. The molecule has 0 saturated heterocycles. The van der Waals surface area contributed by atoms with Crippen molar-refractivity contribution in [1.82, 2.24) is 10.2 Å². The van der Waals surface area contributed by atoms with Crippen LogP contribution in [0.2, 0.25) is 5.02 Å². The Morgan fingerprint density at radius 3 is 2.08 bits per heavy atom. The van der Waals surface area contributed by atoms with E-state index in [1.807, 2.05) is 37.3 Å². The molecule has 5 aromatic rings. The number of hydrogen-bond acceptors (Lipinski definition) is 5. The number of ether oxygens (including phenoxy) is 1. The van der Waals surface area contributed by atoms with E-state index < -0.39 is 34.4 Å². The second kappa shape index (κ2) is 15.6. The summed E-state index contributed by atoms with van der Waals surface area (Å²) >= 11 is 6.11. The zero-order valence-electron chi connectivity index (χ0n) is 26.0. The minimum atomic E-state index is -3.96. The number of anilines is 1. The molecule has 5 rings (SSSR count). The average Bonchev–Trinajstić information content (AvgIpc) is 3.09. The van der Waals surface area contributed by atoms with E-state index in [9.17, 15) is 22.4 Å². The highest BCUT2D eigenvalue weighted by atomic mass is 35.5. The minimum absolute atomic E-state index is 0.0516. The van der Waals surface area contributed by atoms with Gasteiger partial charge in [0.2, 0.25) is 5.91 Å². The van der Waals surface area contributed by atoms with Crippen molar-refractivity contribution < 1.29 is 27.1 Å². The molecule has 0 unspecified atom stereocenters. The Morgan fingerprint density at radius 1 is 0.812 bits per heavy atom. The summed E-state index contributed by atoms with van der Waals surface area (Å²) in [6, 6.07) is 33.3. The number of carbonyl (C=O) groups excluding carboxylic acids is 2. The molecule has 2 N–H and O–H groups in total. The molecule has 0 saturated carbocycles. The van der Waals surface area contributed by atoms with Gasteiger partial charge in [0, 0.05) is 23.8 Å². The second-order valence-corrected chi connectivity index (χ2v) is 13.2. The molecule has 5 aromatic carbocycles. The van der Waals surface area contributed by atoms with Gasteiger partial charge in [0.1, 0.15) is 17.6 Å². The Bertz CT molecular complexity index is 1940. The molecule has 8 nitrogen and oxygen atoms in total. The number of nitrogens with zero attached hydrogens (tertiary/aromatic N) is 1. The van der Waals surface area contributed by atoms with Crippen molar-refractivity contribution in [3.05, 3.63) is 160 Å². The van der Waals surface area contributed by atoms with Crippen LogP contribution in [-0.4, -0.2) is 31.7 Å². The summed E-state index contributed by atoms with van der Waals surface area (Å²) in [4.78, 5) is 29.2. The Morgan fingerprint density at radius 2 is 1.44 bits per heavy atom. The van der Waals surface area contributed by atoms with Crippen LogP contribution in [0.15, 0.2) is 132 Å². The van der Waals surface area contributed by atoms with Gasteiger partial charge in [-0.25, -0.2) is 12.8 Å². The predicted molar refractivity (Wildman–Crippen MR) is 183 cm³/mol. The topological polar surface area (TPSA) is 105 Å². The van der Waals surface area contributed by atoms with E-state index in [2.05, 4.69) is 10.0 Å². The van der Waals surface area contributed by atoms with Crippen molar-refractivity contribution in [2.75, 3.05) is 11.3 Å². The van der Waals surface area contributed by atoms with Crippen LogP contribution < -0.4 is 14.8 Å². The van der Waals surface area contributed by atoms with Gasteiger partial charge in [0.15, 0.2) is 6.61 Å². The Balaban J connectivity index is 1.35. The molecule has 1 atom stereocenters. The smallest absolute Gasteiger partial charge is 0.261 e. The summed E-state index contributed by atoms with van der Waals surface area (Å²) in [5.74, 6) is -1.08. The third kappa shape index (κ3) is 9.21. The first-order valence-electron chi connectivity index (χ1n) is 15.0. The fourth-order valence-electron chi connectivity index (χ4n) is 4.88. The normalized spacial score (nSPS) is 11.7. The van der Waals surface area contributed by atoms with E-state index in [-0.39, 0.29) is 35.3 Å². The molecule has 246 valence electrons. The van der Waals surface area contributed by atoms with Crippen LogP contribution in [0, 0.1) is 12.7 Å². The van der Waals surface area contributed by atoms with E-state index in [4.69, 9.17) is 16.3 Å². The molecular formula is C37H33ClFN3O5S. The number of carbonyl (C=O) groups is 2. The second-order valence-electron chi connectivity index (χ2n) is 11.0. The van der Waals surface area contributed by atoms with Gasteiger partial charge >= 0.3 is 0 Å². The maximum atomic E-state index is 13.9. The van der Waals surface area contributed by atoms with Crippen LogP contribution in [0.5, 0.6) is 5.75 Å². The molecule has 0 radical (unpaired) electrons. The lowest BCUT2D eigenvalue weighted by Crippen LogP contribution is -2.45. The first-order valence-corrected chi connectivity index (χ1v) is 16.9. The Hall–Kier alpha value is -5.19. The van der Waals surface area contributed by atoms with Crippen molar-refractivity contribution in [2.45, 2.75) is 31.0 Å². The Labute approximate surface area is 284 Å². The first kappa shape index (κ1) is 34.2. The number of hydrogen-bond donors (Lipinski definition) is 2. The van der Waals surface area contributed by atoms with Gasteiger partial charge in [-0.05, 0) is 84.3 Å². The molecule has 2 amide bonds. The zero-order valence-corrected chi connectivity index (χ0v) is 27.5. The molecule has 0 fully saturated rings. The van der Waals surface area contributed by atoms with Gasteiger partial charge in [0.25, 0.3) is 15.9 Å². The quantitative estimate of drug-likeness (QED) is 0.138. The van der Waals surface area contributed by atoms with Crippen molar-refractivity contribution in [3.8, 4) is 5.75 Å². The zero-order chi connectivity index (χ0) is 34.1. The maximum absolute atomic E-state index is 13.9. The number of halogens is 2. The molecular weight excluding hydrogens is 653 g/mol. The number of sulfonamides is 1. The highest BCUT2D eigenvalue weighted by Gasteiger charge is 2.32. The van der Waals surface area contributed by atoms with Crippen LogP contribution in [0.3, 0.4) is 0 Å². The molecule has 0 heterocycles. The van der Waals surface area contributed by atoms with Crippen LogP contribution in [0.4, 0.5) is 10.1 Å². The molecule has 0 aliphatic carbocycles. The van der Waals surface area contributed by atoms with E-state index in [1.165, 1.54) is 41.3 Å². The van der Waals surface area contributed by atoms with Crippen LogP contribution in [0.1, 0.15) is 28.3 Å². The highest BCUT2D eigenvalue weighted by Crippen LogP contribution is 2.26. The summed E-state index contributed by atoms with van der Waals surface area (Å²) in [6.07, 6.45) is 0. The summed E-state index contributed by atoms with van der Waals surface area (Å²) in [5, 5.41) is 3.52. The Kier molecular flexibility index (Phi) is 11.1. The molecule has 0 aliphatic heterocycles. The van der Waals surface area contributed by atoms with Crippen LogP contribution >= 0.6 is 11.6 Å². The van der Waals surface area contributed by atoms with Crippen molar-refractivity contribution in [2.24, 2.45) is 0 Å². The van der Waals surface area contributed by atoms with Gasteiger partial charge in [-0.2, -0.15) is 0 Å². The van der Waals surface area contributed by atoms with Crippen molar-refractivity contribution in [1.29, 1.82) is 0 Å². The summed E-state index contributed by atoms with van der Waals surface area (Å²) in [5.41, 5.74) is 3.59. The lowest BCUT2D eigenvalue weighted by atomic mass is 10.0. The summed E-state index contributed by atoms with van der Waals surface area (Å²) in [6.45, 7) is 1.91. The van der Waals surface area contributed by atoms with Gasteiger partial charge in [-0.15, -0.1) is 0 Å². The van der Waals surface area contributed by atoms with Gasteiger partial charge in [-0.3, -0.25) is 14.3 Å². The largest absolute Gasteiger partial charge is 0.484 e. The molecule has 0 aliphatic rings. The molecule has 0 spiro atoms. The lowest BCUT2D eigenvalue weighted by molar-refractivity contribution is -0.143. The van der Waals surface area contributed by atoms with Crippen molar-refractivity contribution >= 4 is 39.1 Å². The third-order valence-electron chi connectivity index (χ3n) is 7.44. The molecule has 0 bridgehead atoms. The van der Waals surface area contributed by atoms with Crippen molar-refractivity contribution in [3.63, 3.8) is 0 Å². The average molecular weight is 686 g/mol. The standard InChI is InChI=1S/C37H33ClFN3O5S/c1-26-7-9-27(10-8-26)23-40-37(44)36(29-5-3-2-4-6-29)42(24-28-11-13-30(38)14-12-28)35(43)25-47-33-19-21-34(22-20-33)48(45,46)41-32-17-15-31(39)16-18-32/h2-22,36,41H,23-25H2,1H3,(H,40,44)/t36-/m1/s1. The number of nitrogens with one attached hydrogen (secondary N) is 2. The maximum Gasteiger partial charge on any atom is 0.261 e. The van der Waals surface area contributed by atoms with E-state index in [0.29, 0.717) is 10.6 Å². The molecule has 48 heavy (non-hydrogen) atoms. The monoisotopic (exact) mass is 685 g/mol. The number of aryl methyl sites for hydroxylation is 1. The fraction of sp³-hybridized carbons (Fsp3) is 0.135. The third-order valence-corrected chi connectivity index (χ3v) is 9.09. The lowest BCUT2D eigenvalue weighted by Gasteiger charge is -2.31. The summed E-state index contributed by atoms with van der Waals surface area (Å²) < 4.78 is 47.1. The SMILES string of the molecule is Cc1ccc(CNC(=O)[C@@H](c2ccccc2)N(Cc2ccc(Cl)cc2)C(=O)COc2ccc(S(=O)(=O)Nc3ccc(F)cc3)cc2)cc1. The molecule has 0 aromatic heterocycles. The van der Waals surface area contributed by atoms with Gasteiger partial charge in [-0.1, -0.05) is 83.9 Å². The minimum Gasteiger partial charge on any atom is -0.484 e. The summed E-state index contributed by atoms with van der Waals surface area (Å²) in [7, 11) is -3.96. The van der Waals surface area contributed by atoms with Crippen LogP contribution in [0.25, 0.3) is 0 Å². The number of benzene rings is 5. The van der Waals surface area contributed by atoms with E-state index in [0.717, 1.165) is 28.8 Å². The van der Waals surface area contributed by atoms with E-state index in [1.54, 1.807) is 48.5 Å². The highest BCUT2D eigenvalue weighted by molar-refractivity contribution is 7.92. The first-order chi connectivity index (χ1) is 23.1. The van der Waals surface area contributed by atoms with Gasteiger partial charge < -0.3 is 15.0 Å².